The topological polar surface area (TPSA) is 52.4 Å². The first-order chi connectivity index (χ1) is 6.64. The van der Waals surface area contributed by atoms with E-state index in [-0.39, 0.29) is 5.90 Å². The molecule has 0 bridgehead atoms. The van der Waals surface area contributed by atoms with Gasteiger partial charge in [-0.2, -0.15) is 0 Å². The van der Waals surface area contributed by atoms with Crippen molar-refractivity contribution in [3.63, 3.8) is 0 Å². The maximum absolute atomic E-state index is 5.00. The predicted molar refractivity (Wildman–Crippen MR) is 63.5 cm³/mol. The predicted octanol–water partition coefficient (Wildman–Crippen LogP) is -0.741. The van der Waals surface area contributed by atoms with Crippen LogP contribution in [-0.2, 0) is 14.2 Å². The highest BCUT2D eigenvalue weighted by molar-refractivity contribution is 7.82. The molecule has 0 heterocycles. The van der Waals surface area contributed by atoms with E-state index in [4.69, 9.17) is 14.2 Å². The molecular weight excluding hydrogens is 220 g/mol. The molecule has 82 valence electrons. The molecule has 5 nitrogen and oxygen atoms in total. The first-order valence-electron chi connectivity index (χ1n) is 4.07. The van der Waals surface area contributed by atoms with Crippen LogP contribution in [0.4, 0.5) is 0 Å². The lowest BCUT2D eigenvalue weighted by Crippen LogP contribution is -2.38. The molecular formula is C7H16N2O3SSi. The molecule has 0 saturated carbocycles. The Bertz CT molecular complexity index is 219. The first-order valence-corrected chi connectivity index (χ1v) is 5.94. The fourth-order valence-corrected chi connectivity index (χ4v) is 1.01. The van der Waals surface area contributed by atoms with Crippen molar-refractivity contribution in [1.82, 2.24) is 0 Å². The number of thiol groups is 1. The standard InChI is InChI=1S/C7H16N2O3SSi/c1-10-6(9-4-8-5-14)7(13,11-2)12-3/h4,13H,5H2,1-3,14H3. The lowest BCUT2D eigenvalue weighted by molar-refractivity contribution is -0.0916. The minimum atomic E-state index is -1.26. The minimum Gasteiger partial charge on any atom is -0.479 e. The third-order valence-corrected chi connectivity index (χ3v) is 2.38. The second-order valence-electron chi connectivity index (χ2n) is 2.24. The Hall–Kier alpha value is -0.373. The highest BCUT2D eigenvalue weighted by Gasteiger charge is 2.33. The van der Waals surface area contributed by atoms with Crippen LogP contribution in [-0.4, -0.2) is 55.1 Å². The summed E-state index contributed by atoms with van der Waals surface area (Å²) in [5.41, 5.74) is 0. The summed E-state index contributed by atoms with van der Waals surface area (Å²) >= 11 is 4.14. The van der Waals surface area contributed by atoms with E-state index in [1.165, 1.54) is 27.7 Å². The number of ether oxygens (including phenoxy) is 3. The second-order valence-corrected chi connectivity index (χ2v) is 3.46. The fourth-order valence-electron chi connectivity index (χ4n) is 0.696. The molecule has 0 aliphatic heterocycles. The van der Waals surface area contributed by atoms with Gasteiger partial charge in [0.05, 0.1) is 7.11 Å². The smallest absolute Gasteiger partial charge is 0.294 e. The zero-order chi connectivity index (χ0) is 11.0. The second kappa shape index (κ2) is 6.99. The van der Waals surface area contributed by atoms with Crippen LogP contribution in [0.3, 0.4) is 0 Å². The lowest BCUT2D eigenvalue weighted by Gasteiger charge is -2.24. The van der Waals surface area contributed by atoms with Gasteiger partial charge in [0.25, 0.3) is 11.0 Å². The van der Waals surface area contributed by atoms with Gasteiger partial charge in [0, 0.05) is 30.6 Å². The molecule has 0 aromatic rings. The minimum absolute atomic E-state index is 0.213. The molecule has 0 aliphatic rings. The molecule has 0 aromatic carbocycles. The fraction of sp³-hybridized carbons (Fsp3) is 0.714. The number of hydrogen-bond donors (Lipinski definition) is 1. The third kappa shape index (κ3) is 3.78. The molecule has 0 amide bonds. The molecule has 7 heteroatoms. The van der Waals surface area contributed by atoms with Crippen molar-refractivity contribution in [1.29, 1.82) is 0 Å². The highest BCUT2D eigenvalue weighted by Crippen LogP contribution is 2.18. The Labute approximate surface area is 92.4 Å². The van der Waals surface area contributed by atoms with E-state index in [1.54, 1.807) is 0 Å². The summed E-state index contributed by atoms with van der Waals surface area (Å²) in [5, 5.41) is -1.26. The van der Waals surface area contributed by atoms with Crippen molar-refractivity contribution in [2.75, 3.05) is 27.5 Å². The van der Waals surface area contributed by atoms with Crippen LogP contribution in [0.5, 0.6) is 0 Å². The molecule has 0 rings (SSSR count). The molecule has 0 saturated heterocycles. The zero-order valence-electron chi connectivity index (χ0n) is 8.85. The normalized spacial score (nSPS) is 13.9. The van der Waals surface area contributed by atoms with Crippen molar-refractivity contribution in [2.45, 2.75) is 5.12 Å². The van der Waals surface area contributed by atoms with E-state index in [2.05, 4.69) is 22.6 Å². The van der Waals surface area contributed by atoms with Gasteiger partial charge in [0.1, 0.15) is 6.34 Å². The Morgan fingerprint density at radius 1 is 1.43 bits per heavy atom. The van der Waals surface area contributed by atoms with Gasteiger partial charge in [-0.05, 0) is 0 Å². The van der Waals surface area contributed by atoms with Gasteiger partial charge in [-0.15, -0.1) is 12.6 Å². The molecule has 0 unspecified atom stereocenters. The van der Waals surface area contributed by atoms with Crippen molar-refractivity contribution in [3.05, 3.63) is 0 Å². The summed E-state index contributed by atoms with van der Waals surface area (Å²) in [7, 11) is 5.38. The van der Waals surface area contributed by atoms with Gasteiger partial charge in [-0.3, -0.25) is 4.99 Å². The van der Waals surface area contributed by atoms with E-state index in [0.717, 1.165) is 16.4 Å². The van der Waals surface area contributed by atoms with Gasteiger partial charge < -0.3 is 14.2 Å². The van der Waals surface area contributed by atoms with Gasteiger partial charge in [-0.25, -0.2) is 4.99 Å². The average molecular weight is 236 g/mol. The maximum atomic E-state index is 5.00. The van der Waals surface area contributed by atoms with E-state index in [1.807, 2.05) is 0 Å². The molecule has 14 heavy (non-hydrogen) atoms. The largest absolute Gasteiger partial charge is 0.479 e. The summed E-state index contributed by atoms with van der Waals surface area (Å²) in [4.78, 5) is 7.91. The van der Waals surface area contributed by atoms with Gasteiger partial charge in [-0.1, -0.05) is 0 Å². The van der Waals surface area contributed by atoms with Crippen LogP contribution in [0.25, 0.3) is 0 Å². The van der Waals surface area contributed by atoms with Gasteiger partial charge in [0.15, 0.2) is 0 Å². The number of nitrogens with zero attached hydrogens (tertiary/aromatic N) is 2. The van der Waals surface area contributed by atoms with Gasteiger partial charge >= 0.3 is 0 Å². The summed E-state index contributed by atoms with van der Waals surface area (Å²) in [6.45, 7) is 0. The van der Waals surface area contributed by atoms with Gasteiger partial charge in [0.2, 0.25) is 0 Å². The SMILES string of the molecule is COC(=NC=NC[SiH3])C(S)(OC)OC. The van der Waals surface area contributed by atoms with E-state index in [9.17, 15) is 0 Å². The molecule has 0 N–H and O–H groups in total. The molecule has 0 atom stereocenters. The molecule has 0 radical (unpaired) electrons. The Morgan fingerprint density at radius 2 is 2.00 bits per heavy atom. The average Bonchev–Trinajstić information content (AvgIpc) is 2.23. The Morgan fingerprint density at radius 3 is 2.36 bits per heavy atom. The number of aliphatic imine (C=N–C) groups is 2. The Balaban J connectivity index is 4.67. The number of methoxy groups -OCH3 is 3. The lowest BCUT2D eigenvalue weighted by atomic mass is 10.6. The van der Waals surface area contributed by atoms with Crippen LogP contribution in [0.1, 0.15) is 0 Å². The van der Waals surface area contributed by atoms with E-state index >= 15 is 0 Å². The van der Waals surface area contributed by atoms with Crippen molar-refractivity contribution in [2.24, 2.45) is 9.98 Å². The molecule has 0 aromatic heterocycles. The van der Waals surface area contributed by atoms with Crippen LogP contribution in [0.2, 0.25) is 0 Å². The summed E-state index contributed by atoms with van der Waals surface area (Å²) in [6, 6.07) is 0. The summed E-state index contributed by atoms with van der Waals surface area (Å²) in [5.74, 6) is 0.213. The highest BCUT2D eigenvalue weighted by atomic mass is 32.1. The van der Waals surface area contributed by atoms with E-state index < -0.39 is 5.12 Å². The quantitative estimate of drug-likeness (QED) is 0.225. The summed E-state index contributed by atoms with van der Waals surface area (Å²) < 4.78 is 15.0. The number of hydrogen-bond acceptors (Lipinski definition) is 5. The van der Waals surface area contributed by atoms with Crippen LogP contribution < -0.4 is 0 Å². The number of rotatable bonds is 5. The van der Waals surface area contributed by atoms with E-state index in [0.29, 0.717) is 0 Å². The van der Waals surface area contributed by atoms with Crippen molar-refractivity contribution in [3.8, 4) is 0 Å². The third-order valence-electron chi connectivity index (χ3n) is 1.46. The van der Waals surface area contributed by atoms with Crippen LogP contribution in [0, 0.1) is 0 Å². The van der Waals surface area contributed by atoms with Crippen molar-refractivity contribution >= 4 is 35.1 Å². The molecule has 0 spiro atoms. The Kier molecular flexibility index (Phi) is 6.80. The maximum Gasteiger partial charge on any atom is 0.294 e. The van der Waals surface area contributed by atoms with Crippen LogP contribution in [0.15, 0.2) is 9.98 Å². The molecule has 0 aliphatic carbocycles. The van der Waals surface area contributed by atoms with Crippen molar-refractivity contribution < 1.29 is 14.2 Å². The van der Waals surface area contributed by atoms with Crippen LogP contribution >= 0.6 is 12.6 Å². The first kappa shape index (κ1) is 13.6. The monoisotopic (exact) mass is 236 g/mol. The summed E-state index contributed by atoms with van der Waals surface area (Å²) in [6.07, 6.45) is 2.20. The zero-order valence-corrected chi connectivity index (χ0v) is 11.7. The molecule has 0 fully saturated rings.